The smallest absolute Gasteiger partial charge is 0.393 e. The van der Waals surface area contributed by atoms with Gasteiger partial charge in [-0.25, -0.2) is 0 Å². The van der Waals surface area contributed by atoms with Gasteiger partial charge in [-0.1, -0.05) is 35.9 Å². The number of alkyl halides is 3. The third kappa shape index (κ3) is 6.39. The van der Waals surface area contributed by atoms with E-state index in [1.165, 1.54) is 43.3 Å². The fraction of sp³-hybridized carbons (Fsp3) is 0.478. The zero-order valence-electron chi connectivity index (χ0n) is 18.1. The molecule has 1 aliphatic heterocycles. The maximum atomic E-state index is 12.6. The van der Waals surface area contributed by atoms with E-state index in [1.54, 1.807) is 0 Å². The predicted molar refractivity (Wildman–Crippen MR) is 115 cm³/mol. The summed E-state index contributed by atoms with van der Waals surface area (Å²) in [6.45, 7) is 0.959. The van der Waals surface area contributed by atoms with Crippen LogP contribution in [0, 0.1) is 0 Å². The van der Waals surface area contributed by atoms with E-state index in [-0.39, 0.29) is 29.4 Å². The second-order valence-electron chi connectivity index (χ2n) is 8.30. The lowest BCUT2D eigenvalue weighted by atomic mass is 9.96. The molecule has 34 heavy (non-hydrogen) atoms. The number of hydrogen-bond acceptors (Lipinski definition) is 7. The monoisotopic (exact) mass is 506 g/mol. The molecule has 11 heteroatoms. The van der Waals surface area contributed by atoms with Crippen molar-refractivity contribution in [1.82, 2.24) is 0 Å². The molecule has 5 N–H and O–H groups in total. The van der Waals surface area contributed by atoms with Gasteiger partial charge >= 0.3 is 6.18 Å². The molecule has 0 bridgehead atoms. The first-order valence-electron chi connectivity index (χ1n) is 10.5. The molecule has 2 aromatic carbocycles. The van der Waals surface area contributed by atoms with Crippen molar-refractivity contribution in [2.45, 2.75) is 69.4 Å². The van der Waals surface area contributed by atoms with Gasteiger partial charge < -0.3 is 35.0 Å². The molecule has 0 radical (unpaired) electrons. The summed E-state index contributed by atoms with van der Waals surface area (Å²) in [5.41, 5.74) is 1.50. The number of aliphatic hydroxyl groups is 5. The second kappa shape index (κ2) is 10.8. The fourth-order valence-electron chi connectivity index (χ4n) is 3.74. The van der Waals surface area contributed by atoms with Crippen LogP contribution in [0.5, 0.6) is 5.75 Å². The largest absolute Gasteiger partial charge is 0.462 e. The summed E-state index contributed by atoms with van der Waals surface area (Å²) in [6, 6.07) is 8.71. The number of aliphatic hydroxyl groups excluding tert-OH is 5. The quantitative estimate of drug-likeness (QED) is 0.390. The van der Waals surface area contributed by atoms with E-state index in [4.69, 9.17) is 21.1 Å². The maximum Gasteiger partial charge on any atom is 0.393 e. The van der Waals surface area contributed by atoms with Crippen molar-refractivity contribution >= 4 is 11.6 Å². The zero-order chi connectivity index (χ0) is 25.2. The molecule has 0 aromatic heterocycles. The molecule has 3 rings (SSSR count). The zero-order valence-corrected chi connectivity index (χ0v) is 18.9. The van der Waals surface area contributed by atoms with Crippen molar-refractivity contribution in [3.63, 3.8) is 0 Å². The summed E-state index contributed by atoms with van der Waals surface area (Å²) in [7, 11) is 0. The molecule has 0 unspecified atom stereocenters. The standard InChI is InChI=1S/C23H26ClF3O7/c1-11(29)21-19(31)18(30)20(32)22(34-21)33-17-8-14(10-28)7-16(24)15(17)6-12-2-4-13(5-3-12)9-23(25,26)27/h2-5,7-8,11,18-22,28-32H,6,9-10H2,1H3/t11-,18+,19+,20-,21-,22-/m1/s1. The Morgan fingerprint density at radius 2 is 1.62 bits per heavy atom. The van der Waals surface area contributed by atoms with E-state index >= 15 is 0 Å². The maximum absolute atomic E-state index is 12.6. The van der Waals surface area contributed by atoms with E-state index in [9.17, 15) is 38.7 Å². The van der Waals surface area contributed by atoms with Crippen LogP contribution in [-0.4, -0.2) is 68.5 Å². The average Bonchev–Trinajstić information content (AvgIpc) is 2.76. The van der Waals surface area contributed by atoms with Gasteiger partial charge in [0.15, 0.2) is 0 Å². The number of rotatable bonds is 7. The molecule has 1 aliphatic rings. The van der Waals surface area contributed by atoms with Crippen molar-refractivity contribution in [3.8, 4) is 5.75 Å². The summed E-state index contributed by atoms with van der Waals surface area (Å²) >= 11 is 6.39. The molecule has 6 atom stereocenters. The highest BCUT2D eigenvalue weighted by atomic mass is 35.5. The number of benzene rings is 2. The Morgan fingerprint density at radius 1 is 1.00 bits per heavy atom. The van der Waals surface area contributed by atoms with Gasteiger partial charge in [-0.2, -0.15) is 13.2 Å². The van der Waals surface area contributed by atoms with Crippen molar-refractivity contribution in [1.29, 1.82) is 0 Å². The first-order chi connectivity index (χ1) is 15.9. The van der Waals surface area contributed by atoms with Crippen LogP contribution in [0.15, 0.2) is 36.4 Å². The van der Waals surface area contributed by atoms with Gasteiger partial charge in [0.1, 0.15) is 30.2 Å². The van der Waals surface area contributed by atoms with Crippen LogP contribution < -0.4 is 4.74 Å². The normalized spacial score (nSPS) is 26.4. The van der Waals surface area contributed by atoms with Crippen LogP contribution in [0.1, 0.15) is 29.2 Å². The Hall–Kier alpha value is -1.92. The molecule has 0 saturated carbocycles. The summed E-state index contributed by atoms with van der Waals surface area (Å²) < 4.78 is 49.1. The molecule has 1 fully saturated rings. The molecular weight excluding hydrogens is 481 g/mol. The van der Waals surface area contributed by atoms with Gasteiger partial charge in [0.05, 0.1) is 19.1 Å². The van der Waals surface area contributed by atoms with Crippen molar-refractivity contribution in [2.75, 3.05) is 0 Å². The van der Waals surface area contributed by atoms with Crippen LogP contribution in [0.25, 0.3) is 0 Å². The summed E-state index contributed by atoms with van der Waals surface area (Å²) in [5, 5.41) is 50.2. The lowest BCUT2D eigenvalue weighted by molar-refractivity contribution is -0.286. The lowest BCUT2D eigenvalue weighted by Gasteiger charge is -2.41. The van der Waals surface area contributed by atoms with Crippen LogP contribution in [0.4, 0.5) is 13.2 Å². The van der Waals surface area contributed by atoms with E-state index < -0.39 is 49.4 Å². The molecule has 1 heterocycles. The van der Waals surface area contributed by atoms with Gasteiger partial charge in [0.2, 0.25) is 6.29 Å². The minimum Gasteiger partial charge on any atom is -0.462 e. The Labute approximate surface area is 198 Å². The van der Waals surface area contributed by atoms with Crippen molar-refractivity contribution in [2.24, 2.45) is 0 Å². The minimum atomic E-state index is -4.32. The highest BCUT2D eigenvalue weighted by molar-refractivity contribution is 6.31. The summed E-state index contributed by atoms with van der Waals surface area (Å²) in [4.78, 5) is 0. The Kier molecular flexibility index (Phi) is 8.46. The molecule has 0 aliphatic carbocycles. The van der Waals surface area contributed by atoms with Gasteiger partial charge in [0, 0.05) is 17.0 Å². The average molecular weight is 507 g/mol. The van der Waals surface area contributed by atoms with Gasteiger partial charge in [-0.3, -0.25) is 0 Å². The third-order valence-electron chi connectivity index (χ3n) is 5.53. The first kappa shape index (κ1) is 26.7. The predicted octanol–water partition coefficient (Wildman–Crippen LogP) is 2.10. The highest BCUT2D eigenvalue weighted by Gasteiger charge is 2.46. The first-order valence-corrected chi connectivity index (χ1v) is 10.9. The summed E-state index contributed by atoms with van der Waals surface area (Å²) in [5.74, 6) is 0.0906. The Morgan fingerprint density at radius 3 is 2.18 bits per heavy atom. The van der Waals surface area contributed by atoms with Crippen LogP contribution >= 0.6 is 11.6 Å². The van der Waals surface area contributed by atoms with Gasteiger partial charge in [0.25, 0.3) is 0 Å². The number of hydrogen-bond donors (Lipinski definition) is 5. The minimum absolute atomic E-state index is 0.0906. The van der Waals surface area contributed by atoms with Crippen LogP contribution in [0.2, 0.25) is 5.02 Å². The van der Waals surface area contributed by atoms with Crippen LogP contribution in [-0.2, 0) is 24.2 Å². The molecule has 0 amide bonds. The van der Waals surface area contributed by atoms with Crippen molar-refractivity contribution in [3.05, 3.63) is 63.7 Å². The van der Waals surface area contributed by atoms with Gasteiger partial charge in [-0.15, -0.1) is 0 Å². The Bertz CT molecular complexity index is 968. The van der Waals surface area contributed by atoms with E-state index in [2.05, 4.69) is 0 Å². The molecule has 188 valence electrons. The Balaban J connectivity index is 1.88. The fourth-order valence-corrected chi connectivity index (χ4v) is 4.04. The van der Waals surface area contributed by atoms with Gasteiger partial charge in [-0.05, 0) is 35.7 Å². The van der Waals surface area contributed by atoms with Crippen molar-refractivity contribution < 1.29 is 48.2 Å². The topological polar surface area (TPSA) is 120 Å². The molecule has 0 spiro atoms. The van der Waals surface area contributed by atoms with Crippen LogP contribution in [0.3, 0.4) is 0 Å². The van der Waals surface area contributed by atoms with E-state index in [0.717, 1.165) is 0 Å². The molecule has 1 saturated heterocycles. The molecule has 2 aromatic rings. The SMILES string of the molecule is C[C@@H](O)[C@H]1O[C@@H](Oc2cc(CO)cc(Cl)c2Cc2ccc(CC(F)(F)F)cc2)[C@H](O)[C@@H](O)[C@@H]1O. The van der Waals surface area contributed by atoms with E-state index in [0.29, 0.717) is 16.7 Å². The second-order valence-corrected chi connectivity index (χ2v) is 8.70. The molecule has 7 nitrogen and oxygen atoms in total. The molecular formula is C23H26ClF3O7. The highest BCUT2D eigenvalue weighted by Crippen LogP contribution is 2.34. The lowest BCUT2D eigenvalue weighted by Crippen LogP contribution is -2.61. The summed E-state index contributed by atoms with van der Waals surface area (Å²) in [6.07, 6.45) is -14.1. The third-order valence-corrected chi connectivity index (χ3v) is 5.87. The number of ether oxygens (including phenoxy) is 2. The number of halogens is 4. The van der Waals surface area contributed by atoms with E-state index in [1.807, 2.05) is 0 Å².